The highest BCUT2D eigenvalue weighted by atomic mass is 35.5. The van der Waals surface area contributed by atoms with E-state index in [9.17, 15) is 9.90 Å². The van der Waals surface area contributed by atoms with Gasteiger partial charge in [0, 0.05) is 0 Å². The molecule has 0 saturated heterocycles. The Morgan fingerprint density at radius 2 is 1.81 bits per heavy atom. The Balaban J connectivity index is 0.00000225. The number of aliphatic hydroxyl groups excluding tert-OH is 1. The quantitative estimate of drug-likeness (QED) is 0.810. The maximum atomic E-state index is 10.8. The van der Waals surface area contributed by atoms with Crippen molar-refractivity contribution >= 4 is 18.4 Å². The van der Waals surface area contributed by atoms with Gasteiger partial charge in [-0.2, -0.15) is 0 Å². The third-order valence-corrected chi connectivity index (χ3v) is 3.73. The predicted molar refractivity (Wildman–Crippen MR) is 65.7 cm³/mol. The van der Waals surface area contributed by atoms with E-state index in [0.717, 1.165) is 19.3 Å². The van der Waals surface area contributed by atoms with E-state index in [1.165, 1.54) is 0 Å². The predicted octanol–water partition coefficient (Wildman–Crippen LogP) is 2.56. The van der Waals surface area contributed by atoms with Gasteiger partial charge < -0.3 is 10.2 Å². The van der Waals surface area contributed by atoms with Crippen LogP contribution in [-0.4, -0.2) is 22.3 Å². The Morgan fingerprint density at radius 3 is 2.25 bits per heavy atom. The summed E-state index contributed by atoms with van der Waals surface area (Å²) in [6.45, 7) is 6.36. The molecule has 0 bridgehead atoms. The van der Waals surface area contributed by atoms with Crippen LogP contribution in [0, 0.1) is 23.7 Å². The summed E-state index contributed by atoms with van der Waals surface area (Å²) < 4.78 is 0. The maximum absolute atomic E-state index is 10.8. The average molecular weight is 251 g/mol. The van der Waals surface area contributed by atoms with E-state index < -0.39 is 12.1 Å². The monoisotopic (exact) mass is 250 g/mol. The molecule has 2 N–H and O–H groups in total. The van der Waals surface area contributed by atoms with E-state index in [4.69, 9.17) is 5.11 Å². The molecule has 4 unspecified atom stereocenters. The van der Waals surface area contributed by atoms with Crippen molar-refractivity contribution in [2.75, 3.05) is 0 Å². The van der Waals surface area contributed by atoms with Crippen LogP contribution in [0.4, 0.5) is 0 Å². The highest BCUT2D eigenvalue weighted by molar-refractivity contribution is 5.85. The van der Waals surface area contributed by atoms with Crippen molar-refractivity contribution in [3.05, 3.63) is 0 Å². The van der Waals surface area contributed by atoms with Gasteiger partial charge in [0.05, 0.1) is 0 Å². The summed E-state index contributed by atoms with van der Waals surface area (Å²) in [5, 5.41) is 18.6. The first kappa shape index (κ1) is 15.7. The Labute approximate surface area is 104 Å². The van der Waals surface area contributed by atoms with E-state index in [-0.39, 0.29) is 18.3 Å². The van der Waals surface area contributed by atoms with Gasteiger partial charge in [-0.25, -0.2) is 4.79 Å². The molecule has 96 valence electrons. The number of hydrogen-bond donors (Lipinski definition) is 2. The summed E-state index contributed by atoms with van der Waals surface area (Å²) >= 11 is 0. The SMILES string of the molecule is CC1CCC(C(C)C)C(C(O)C(=O)O)C1.Cl. The molecule has 0 radical (unpaired) electrons. The molecule has 0 heterocycles. The fourth-order valence-electron chi connectivity index (χ4n) is 2.82. The van der Waals surface area contributed by atoms with Crippen molar-refractivity contribution < 1.29 is 15.0 Å². The Kier molecular flexibility index (Phi) is 6.34. The molecule has 0 aliphatic heterocycles. The number of rotatable bonds is 3. The summed E-state index contributed by atoms with van der Waals surface area (Å²) in [6.07, 6.45) is 1.87. The molecule has 0 aromatic carbocycles. The van der Waals surface area contributed by atoms with E-state index in [1.54, 1.807) is 0 Å². The molecule has 3 nitrogen and oxygen atoms in total. The molecule has 0 amide bonds. The third kappa shape index (κ3) is 3.63. The van der Waals surface area contributed by atoms with Gasteiger partial charge in [-0.15, -0.1) is 12.4 Å². The first-order valence-electron chi connectivity index (χ1n) is 5.84. The van der Waals surface area contributed by atoms with Crippen LogP contribution in [0.3, 0.4) is 0 Å². The van der Waals surface area contributed by atoms with Crippen LogP contribution < -0.4 is 0 Å². The minimum Gasteiger partial charge on any atom is -0.479 e. The van der Waals surface area contributed by atoms with Crippen LogP contribution in [-0.2, 0) is 4.79 Å². The number of carboxylic acids is 1. The number of aliphatic carboxylic acids is 1. The highest BCUT2D eigenvalue weighted by Crippen LogP contribution is 2.39. The lowest BCUT2D eigenvalue weighted by atomic mass is 9.68. The van der Waals surface area contributed by atoms with Crippen molar-refractivity contribution in [2.45, 2.75) is 46.1 Å². The minimum atomic E-state index is -1.18. The molecule has 1 saturated carbocycles. The van der Waals surface area contributed by atoms with Crippen LogP contribution in [0.1, 0.15) is 40.0 Å². The fourth-order valence-corrected chi connectivity index (χ4v) is 2.82. The number of aliphatic hydroxyl groups is 1. The molecule has 16 heavy (non-hydrogen) atoms. The lowest BCUT2D eigenvalue weighted by Crippen LogP contribution is -2.40. The molecular formula is C12H23ClO3. The first-order valence-corrected chi connectivity index (χ1v) is 5.84. The summed E-state index contributed by atoms with van der Waals surface area (Å²) in [6, 6.07) is 0. The van der Waals surface area contributed by atoms with Crippen LogP contribution in [0.2, 0.25) is 0 Å². The fraction of sp³-hybridized carbons (Fsp3) is 0.917. The van der Waals surface area contributed by atoms with E-state index in [0.29, 0.717) is 17.8 Å². The van der Waals surface area contributed by atoms with E-state index in [1.807, 2.05) is 0 Å². The number of carboxylic acid groups (broad SMARTS) is 1. The topological polar surface area (TPSA) is 57.5 Å². The third-order valence-electron chi connectivity index (χ3n) is 3.73. The van der Waals surface area contributed by atoms with Gasteiger partial charge in [0.2, 0.25) is 0 Å². The number of carbonyl (C=O) groups is 1. The van der Waals surface area contributed by atoms with Gasteiger partial charge in [-0.05, 0) is 36.5 Å². The molecule has 1 rings (SSSR count). The second kappa shape index (κ2) is 6.45. The van der Waals surface area contributed by atoms with Crippen LogP contribution in [0.5, 0.6) is 0 Å². The Bertz CT molecular complexity index is 230. The summed E-state index contributed by atoms with van der Waals surface area (Å²) in [4.78, 5) is 10.8. The van der Waals surface area contributed by atoms with Crippen LogP contribution >= 0.6 is 12.4 Å². The lowest BCUT2D eigenvalue weighted by Gasteiger charge is -2.38. The highest BCUT2D eigenvalue weighted by Gasteiger charge is 2.37. The zero-order chi connectivity index (χ0) is 11.6. The molecular weight excluding hydrogens is 228 g/mol. The first-order chi connectivity index (χ1) is 6.93. The second-order valence-corrected chi connectivity index (χ2v) is 5.27. The minimum absolute atomic E-state index is 0. The molecule has 4 heteroatoms. The molecule has 1 fully saturated rings. The Hall–Kier alpha value is -0.280. The summed E-state index contributed by atoms with van der Waals surface area (Å²) in [5.41, 5.74) is 0. The normalized spacial score (nSPS) is 31.9. The number of hydrogen-bond acceptors (Lipinski definition) is 2. The smallest absolute Gasteiger partial charge is 0.332 e. The van der Waals surface area contributed by atoms with Crippen LogP contribution in [0.15, 0.2) is 0 Å². The van der Waals surface area contributed by atoms with Crippen molar-refractivity contribution in [1.29, 1.82) is 0 Å². The zero-order valence-electron chi connectivity index (χ0n) is 10.2. The molecule has 1 aliphatic rings. The number of halogens is 1. The molecule has 0 aromatic heterocycles. The Morgan fingerprint density at radius 1 is 1.25 bits per heavy atom. The maximum Gasteiger partial charge on any atom is 0.332 e. The van der Waals surface area contributed by atoms with E-state index in [2.05, 4.69) is 20.8 Å². The van der Waals surface area contributed by atoms with Gasteiger partial charge in [0.1, 0.15) is 0 Å². The van der Waals surface area contributed by atoms with E-state index >= 15 is 0 Å². The van der Waals surface area contributed by atoms with Gasteiger partial charge in [-0.3, -0.25) is 0 Å². The van der Waals surface area contributed by atoms with Gasteiger partial charge in [-0.1, -0.05) is 27.2 Å². The molecule has 0 aromatic rings. The van der Waals surface area contributed by atoms with Crippen molar-refractivity contribution in [3.8, 4) is 0 Å². The lowest BCUT2D eigenvalue weighted by molar-refractivity contribution is -0.152. The van der Waals surface area contributed by atoms with Gasteiger partial charge in [0.25, 0.3) is 0 Å². The molecule has 0 spiro atoms. The van der Waals surface area contributed by atoms with Gasteiger partial charge in [0.15, 0.2) is 6.10 Å². The van der Waals surface area contributed by atoms with Crippen molar-refractivity contribution in [1.82, 2.24) is 0 Å². The average Bonchev–Trinajstić information content (AvgIpc) is 2.15. The zero-order valence-corrected chi connectivity index (χ0v) is 11.0. The summed E-state index contributed by atoms with van der Waals surface area (Å²) in [5.74, 6) is 0.216. The standard InChI is InChI=1S/C12H22O3.ClH/c1-7(2)9-5-4-8(3)6-10(9)11(13)12(14)15;/h7-11,13H,4-6H2,1-3H3,(H,14,15);1H. The second-order valence-electron chi connectivity index (χ2n) is 5.27. The van der Waals surface area contributed by atoms with Crippen molar-refractivity contribution in [3.63, 3.8) is 0 Å². The van der Waals surface area contributed by atoms with Crippen LogP contribution in [0.25, 0.3) is 0 Å². The molecule has 1 aliphatic carbocycles. The summed E-state index contributed by atoms with van der Waals surface area (Å²) in [7, 11) is 0. The van der Waals surface area contributed by atoms with Gasteiger partial charge >= 0.3 is 5.97 Å². The largest absolute Gasteiger partial charge is 0.479 e. The molecule has 4 atom stereocenters. The van der Waals surface area contributed by atoms with Crippen molar-refractivity contribution in [2.24, 2.45) is 23.7 Å².